The van der Waals surface area contributed by atoms with Gasteiger partial charge in [0.1, 0.15) is 0 Å². The molecule has 1 aliphatic rings. The fourth-order valence-corrected chi connectivity index (χ4v) is 2.74. The first-order valence-corrected chi connectivity index (χ1v) is 7.18. The smallest absolute Gasteiger partial charge is 0.0344 e. The summed E-state index contributed by atoms with van der Waals surface area (Å²) in [6.45, 7) is 6.73. The molecule has 1 N–H and O–H groups in total. The third-order valence-electron chi connectivity index (χ3n) is 4.17. The second-order valence-corrected chi connectivity index (χ2v) is 5.61. The van der Waals surface area contributed by atoms with Crippen molar-refractivity contribution in [3.63, 3.8) is 0 Å². The molecule has 1 aliphatic heterocycles. The van der Waals surface area contributed by atoms with Gasteiger partial charge in [-0.25, -0.2) is 0 Å². The zero-order valence-electron chi connectivity index (χ0n) is 12.3. The van der Waals surface area contributed by atoms with E-state index in [4.69, 9.17) is 0 Å². The molecule has 2 unspecified atom stereocenters. The predicted octanol–water partition coefficient (Wildman–Crippen LogP) is 1.20. The fourth-order valence-electron chi connectivity index (χ4n) is 2.74. The normalized spacial score (nSPS) is 26.3. The summed E-state index contributed by atoms with van der Waals surface area (Å²) in [6.07, 6.45) is 5.01. The maximum Gasteiger partial charge on any atom is 0.0344 e. The molecule has 0 radical (unpaired) electrons. The van der Waals surface area contributed by atoms with Crippen LogP contribution in [0.2, 0.25) is 0 Å². The van der Waals surface area contributed by atoms with Crippen molar-refractivity contribution in [1.29, 1.82) is 0 Å². The highest BCUT2D eigenvalue weighted by atomic mass is 15.3. The van der Waals surface area contributed by atoms with Crippen molar-refractivity contribution in [3.05, 3.63) is 30.1 Å². The highest BCUT2D eigenvalue weighted by molar-refractivity contribution is 5.09. The van der Waals surface area contributed by atoms with Crippen LogP contribution in [0.5, 0.6) is 0 Å². The predicted molar refractivity (Wildman–Crippen MR) is 79.1 cm³/mol. The molecule has 1 saturated heterocycles. The molecule has 4 nitrogen and oxygen atoms in total. The SMILES string of the molecule is CNCC1CN(Cc2ccncc2)C(C)CCN1C. The van der Waals surface area contributed by atoms with Crippen LogP contribution in [0.1, 0.15) is 18.9 Å². The van der Waals surface area contributed by atoms with E-state index in [1.807, 2.05) is 19.4 Å². The highest BCUT2D eigenvalue weighted by Gasteiger charge is 2.25. The lowest BCUT2D eigenvalue weighted by atomic mass is 10.1. The highest BCUT2D eigenvalue weighted by Crippen LogP contribution is 2.16. The van der Waals surface area contributed by atoms with Crippen LogP contribution in [-0.4, -0.2) is 60.6 Å². The van der Waals surface area contributed by atoms with Gasteiger partial charge in [-0.15, -0.1) is 0 Å². The molecule has 2 atom stereocenters. The number of likely N-dealkylation sites (N-methyl/N-ethyl adjacent to an activating group) is 2. The Kier molecular flexibility index (Phi) is 5.31. The van der Waals surface area contributed by atoms with Gasteiger partial charge < -0.3 is 10.2 Å². The summed E-state index contributed by atoms with van der Waals surface area (Å²) in [7, 11) is 4.28. The van der Waals surface area contributed by atoms with E-state index >= 15 is 0 Å². The first-order chi connectivity index (χ1) is 9.20. The Labute approximate surface area is 116 Å². The number of nitrogens with zero attached hydrogens (tertiary/aromatic N) is 3. The van der Waals surface area contributed by atoms with Crippen LogP contribution in [0.25, 0.3) is 0 Å². The Balaban J connectivity index is 2.04. The van der Waals surface area contributed by atoms with Crippen LogP contribution >= 0.6 is 0 Å². The standard InChI is InChI=1S/C15H26N4/c1-13-6-9-18(3)15(10-16-2)12-19(13)11-14-4-7-17-8-5-14/h4-5,7-8,13,15-16H,6,9-12H2,1-3H3. The maximum absolute atomic E-state index is 4.10. The van der Waals surface area contributed by atoms with Gasteiger partial charge in [-0.1, -0.05) is 0 Å². The van der Waals surface area contributed by atoms with Crippen LogP contribution in [0.15, 0.2) is 24.5 Å². The van der Waals surface area contributed by atoms with Crippen LogP contribution < -0.4 is 5.32 Å². The van der Waals surface area contributed by atoms with E-state index in [1.54, 1.807) is 0 Å². The number of aromatic nitrogens is 1. The summed E-state index contributed by atoms with van der Waals surface area (Å²) >= 11 is 0. The minimum Gasteiger partial charge on any atom is -0.318 e. The quantitative estimate of drug-likeness (QED) is 0.883. The zero-order chi connectivity index (χ0) is 13.7. The first-order valence-electron chi connectivity index (χ1n) is 7.18. The van der Waals surface area contributed by atoms with Gasteiger partial charge in [0.2, 0.25) is 0 Å². The maximum atomic E-state index is 4.10. The molecule has 0 saturated carbocycles. The van der Waals surface area contributed by atoms with Crippen molar-refractivity contribution in [2.45, 2.75) is 32.0 Å². The third-order valence-corrected chi connectivity index (χ3v) is 4.17. The average Bonchev–Trinajstić information content (AvgIpc) is 2.55. The minimum atomic E-state index is 0.594. The van der Waals surface area contributed by atoms with Crippen LogP contribution in [0.4, 0.5) is 0 Å². The Morgan fingerprint density at radius 2 is 2.11 bits per heavy atom. The number of rotatable bonds is 4. The molecule has 4 heteroatoms. The van der Waals surface area contributed by atoms with Crippen molar-refractivity contribution in [3.8, 4) is 0 Å². The largest absolute Gasteiger partial charge is 0.318 e. The van der Waals surface area contributed by atoms with Crippen LogP contribution in [-0.2, 0) is 6.54 Å². The average molecular weight is 262 g/mol. The summed E-state index contributed by atoms with van der Waals surface area (Å²) in [6, 6.07) is 5.47. The molecule has 1 fully saturated rings. The number of hydrogen-bond donors (Lipinski definition) is 1. The summed E-state index contributed by atoms with van der Waals surface area (Å²) in [5.74, 6) is 0. The van der Waals surface area contributed by atoms with Crippen molar-refractivity contribution >= 4 is 0 Å². The molecule has 19 heavy (non-hydrogen) atoms. The Morgan fingerprint density at radius 3 is 2.79 bits per heavy atom. The van der Waals surface area contributed by atoms with Crippen molar-refractivity contribution in [1.82, 2.24) is 20.1 Å². The molecular formula is C15H26N4. The monoisotopic (exact) mass is 262 g/mol. The molecule has 1 aromatic rings. The van der Waals surface area contributed by atoms with E-state index in [0.29, 0.717) is 12.1 Å². The molecule has 2 heterocycles. The topological polar surface area (TPSA) is 31.4 Å². The number of nitrogens with one attached hydrogen (secondary N) is 1. The van der Waals surface area contributed by atoms with Gasteiger partial charge in [0.15, 0.2) is 0 Å². The molecule has 106 valence electrons. The molecule has 2 rings (SSSR count). The molecule has 0 bridgehead atoms. The van der Waals surface area contributed by atoms with Gasteiger partial charge in [-0.05, 0) is 51.7 Å². The molecule has 1 aromatic heterocycles. The van der Waals surface area contributed by atoms with Gasteiger partial charge in [0.25, 0.3) is 0 Å². The Morgan fingerprint density at radius 1 is 1.37 bits per heavy atom. The first kappa shape index (κ1) is 14.4. The van der Waals surface area contributed by atoms with Crippen molar-refractivity contribution in [2.24, 2.45) is 0 Å². The van der Waals surface area contributed by atoms with Crippen molar-refractivity contribution in [2.75, 3.05) is 33.7 Å². The second-order valence-electron chi connectivity index (χ2n) is 5.61. The third kappa shape index (κ3) is 4.00. The van der Waals surface area contributed by atoms with Gasteiger partial charge in [-0.3, -0.25) is 9.88 Å². The van der Waals surface area contributed by atoms with Crippen molar-refractivity contribution < 1.29 is 0 Å². The Bertz CT molecular complexity index is 368. The minimum absolute atomic E-state index is 0.594. The van der Waals surface area contributed by atoms with E-state index in [-0.39, 0.29) is 0 Å². The van der Waals surface area contributed by atoms with Gasteiger partial charge >= 0.3 is 0 Å². The lowest BCUT2D eigenvalue weighted by Gasteiger charge is -2.31. The molecule has 0 aliphatic carbocycles. The van der Waals surface area contributed by atoms with Gasteiger partial charge in [0.05, 0.1) is 0 Å². The van der Waals surface area contributed by atoms with Gasteiger partial charge in [0, 0.05) is 44.1 Å². The zero-order valence-corrected chi connectivity index (χ0v) is 12.3. The van der Waals surface area contributed by atoms with E-state index < -0.39 is 0 Å². The van der Waals surface area contributed by atoms with E-state index in [2.05, 4.69) is 46.2 Å². The number of pyridine rings is 1. The summed E-state index contributed by atoms with van der Waals surface area (Å²) in [4.78, 5) is 9.18. The van der Waals surface area contributed by atoms with Gasteiger partial charge in [-0.2, -0.15) is 0 Å². The van der Waals surface area contributed by atoms with E-state index in [1.165, 1.54) is 18.5 Å². The lowest BCUT2D eigenvalue weighted by molar-refractivity contribution is 0.173. The Hall–Kier alpha value is -0.970. The van der Waals surface area contributed by atoms with E-state index in [9.17, 15) is 0 Å². The molecule has 0 spiro atoms. The summed E-state index contributed by atoms with van der Waals surface area (Å²) < 4.78 is 0. The van der Waals surface area contributed by atoms with E-state index in [0.717, 1.165) is 19.6 Å². The molecular weight excluding hydrogens is 236 g/mol. The van der Waals surface area contributed by atoms with Crippen LogP contribution in [0.3, 0.4) is 0 Å². The summed E-state index contributed by atoms with van der Waals surface area (Å²) in [5.41, 5.74) is 1.36. The fraction of sp³-hybridized carbons (Fsp3) is 0.667. The van der Waals surface area contributed by atoms with Crippen LogP contribution in [0, 0.1) is 0 Å². The molecule has 0 amide bonds. The lowest BCUT2D eigenvalue weighted by Crippen LogP contribution is -2.45. The molecule has 0 aromatic carbocycles. The number of hydrogen-bond acceptors (Lipinski definition) is 4. The second kappa shape index (κ2) is 6.98. The summed E-state index contributed by atoms with van der Waals surface area (Å²) in [5, 5.41) is 3.32.